The zero-order valence-corrected chi connectivity index (χ0v) is 22.2. The molecule has 4 rings (SSSR count). The van der Waals surface area contributed by atoms with E-state index in [1.807, 2.05) is 91.0 Å². The maximum absolute atomic E-state index is 12.2. The van der Waals surface area contributed by atoms with Crippen LogP contribution >= 0.6 is 0 Å². The third-order valence-corrected chi connectivity index (χ3v) is 6.26. The Labute approximate surface area is 229 Å². The van der Waals surface area contributed by atoms with E-state index in [2.05, 4.69) is 5.32 Å². The van der Waals surface area contributed by atoms with E-state index < -0.39 is 36.6 Å². The van der Waals surface area contributed by atoms with Gasteiger partial charge in [0.25, 0.3) is 0 Å². The van der Waals surface area contributed by atoms with Crippen molar-refractivity contribution < 1.29 is 33.3 Å². The van der Waals surface area contributed by atoms with Crippen molar-refractivity contribution in [2.75, 3.05) is 6.61 Å². The minimum Gasteiger partial charge on any atom is -0.434 e. The summed E-state index contributed by atoms with van der Waals surface area (Å²) >= 11 is 0. The van der Waals surface area contributed by atoms with E-state index in [1.54, 1.807) is 0 Å². The van der Waals surface area contributed by atoms with Crippen LogP contribution in [0.15, 0.2) is 91.0 Å². The lowest BCUT2D eigenvalue weighted by molar-refractivity contribution is -0.283. The first kappa shape index (κ1) is 28.4. The number of carbonyl (C=O) groups excluding carboxylic acids is 2. The van der Waals surface area contributed by atoms with Crippen molar-refractivity contribution in [1.82, 2.24) is 5.32 Å². The Kier molecular flexibility index (Phi) is 10.6. The SMILES string of the molecule is CC(=O)N[C@H]1[C@H](OC(C)=O)O[C@H](COCc2ccccc2)[C@@H](OCc2ccccc2)[C@@H]1OCc1ccccc1. The maximum Gasteiger partial charge on any atom is 0.305 e. The largest absolute Gasteiger partial charge is 0.434 e. The molecule has 1 heterocycles. The first-order valence-electron chi connectivity index (χ1n) is 13.0. The normalized spacial score (nSPS) is 22.7. The molecule has 1 N–H and O–H groups in total. The zero-order valence-electron chi connectivity index (χ0n) is 22.2. The van der Waals surface area contributed by atoms with Crippen molar-refractivity contribution in [1.29, 1.82) is 0 Å². The smallest absolute Gasteiger partial charge is 0.305 e. The van der Waals surface area contributed by atoms with Gasteiger partial charge in [0.1, 0.15) is 24.4 Å². The molecule has 206 valence electrons. The highest BCUT2D eigenvalue weighted by molar-refractivity contribution is 5.73. The second-order valence-electron chi connectivity index (χ2n) is 9.40. The fraction of sp³-hybridized carbons (Fsp3) is 0.355. The highest BCUT2D eigenvalue weighted by atomic mass is 16.7. The molecule has 0 radical (unpaired) electrons. The van der Waals surface area contributed by atoms with Crippen LogP contribution in [0.3, 0.4) is 0 Å². The number of hydrogen-bond donors (Lipinski definition) is 1. The topological polar surface area (TPSA) is 92.3 Å². The fourth-order valence-corrected chi connectivity index (χ4v) is 4.49. The van der Waals surface area contributed by atoms with E-state index in [0.717, 1.165) is 16.7 Å². The first-order chi connectivity index (χ1) is 19.0. The van der Waals surface area contributed by atoms with Crippen molar-refractivity contribution in [3.05, 3.63) is 108 Å². The summed E-state index contributed by atoms with van der Waals surface area (Å²) in [4.78, 5) is 24.2. The fourth-order valence-electron chi connectivity index (χ4n) is 4.49. The zero-order chi connectivity index (χ0) is 27.5. The summed E-state index contributed by atoms with van der Waals surface area (Å²) in [6, 6.07) is 28.5. The van der Waals surface area contributed by atoms with Gasteiger partial charge in [-0.2, -0.15) is 0 Å². The molecule has 39 heavy (non-hydrogen) atoms. The molecule has 8 heteroatoms. The second-order valence-corrected chi connectivity index (χ2v) is 9.40. The molecule has 1 amide bonds. The summed E-state index contributed by atoms with van der Waals surface area (Å²) in [5.41, 5.74) is 2.94. The van der Waals surface area contributed by atoms with Gasteiger partial charge in [-0.15, -0.1) is 0 Å². The highest BCUT2D eigenvalue weighted by Gasteiger charge is 2.49. The Morgan fingerprint density at radius 1 is 0.718 bits per heavy atom. The van der Waals surface area contributed by atoms with E-state index in [1.165, 1.54) is 13.8 Å². The maximum atomic E-state index is 12.2. The molecule has 1 aliphatic rings. The molecule has 0 spiro atoms. The van der Waals surface area contributed by atoms with Gasteiger partial charge in [-0.3, -0.25) is 9.59 Å². The van der Waals surface area contributed by atoms with Crippen LogP contribution < -0.4 is 5.32 Å². The Balaban J connectivity index is 1.60. The Morgan fingerprint density at radius 3 is 1.69 bits per heavy atom. The van der Waals surface area contributed by atoms with Gasteiger partial charge in [-0.1, -0.05) is 91.0 Å². The van der Waals surface area contributed by atoms with Crippen LogP contribution in [-0.4, -0.2) is 49.1 Å². The van der Waals surface area contributed by atoms with E-state index >= 15 is 0 Å². The van der Waals surface area contributed by atoms with Gasteiger partial charge in [0.05, 0.1) is 26.4 Å². The molecule has 8 nitrogen and oxygen atoms in total. The van der Waals surface area contributed by atoms with Crippen LogP contribution in [0.4, 0.5) is 0 Å². The van der Waals surface area contributed by atoms with Crippen LogP contribution in [0, 0.1) is 0 Å². The predicted octanol–water partition coefficient (Wildman–Crippen LogP) is 4.17. The summed E-state index contributed by atoms with van der Waals surface area (Å²) in [6.07, 6.45) is -3.09. The molecule has 0 bridgehead atoms. The van der Waals surface area contributed by atoms with E-state index in [0.29, 0.717) is 13.2 Å². The average Bonchev–Trinajstić information content (AvgIpc) is 2.94. The molecule has 0 aliphatic carbocycles. The molecule has 0 unspecified atom stereocenters. The monoisotopic (exact) mass is 533 g/mol. The van der Waals surface area contributed by atoms with E-state index in [4.69, 9.17) is 23.7 Å². The Bertz CT molecular complexity index is 1160. The van der Waals surface area contributed by atoms with Crippen LogP contribution in [0.25, 0.3) is 0 Å². The van der Waals surface area contributed by atoms with Gasteiger partial charge < -0.3 is 29.0 Å². The van der Waals surface area contributed by atoms with Crippen molar-refractivity contribution in [3.8, 4) is 0 Å². The summed E-state index contributed by atoms with van der Waals surface area (Å²) in [6.45, 7) is 3.78. The molecule has 3 aromatic rings. The summed E-state index contributed by atoms with van der Waals surface area (Å²) in [7, 11) is 0. The number of ether oxygens (including phenoxy) is 5. The van der Waals surface area contributed by atoms with Gasteiger partial charge in [0, 0.05) is 13.8 Å². The van der Waals surface area contributed by atoms with Gasteiger partial charge >= 0.3 is 5.97 Å². The van der Waals surface area contributed by atoms with Crippen LogP contribution in [0.2, 0.25) is 0 Å². The minimum atomic E-state index is -1.09. The lowest BCUT2D eigenvalue weighted by Gasteiger charge is -2.45. The lowest BCUT2D eigenvalue weighted by atomic mass is 9.95. The van der Waals surface area contributed by atoms with Crippen molar-refractivity contribution in [2.24, 2.45) is 0 Å². The standard InChI is InChI=1S/C31H35NO7/c1-22(33)32-28-30(37-20-26-16-10-5-11-17-26)29(36-19-25-14-8-4-9-15-25)27(39-31(28)38-23(2)34)21-35-18-24-12-6-3-7-13-24/h3-17,27-31H,18-21H2,1-2H3,(H,32,33)/t27-,28-,29-,30-,31-/m1/s1. The molecular weight excluding hydrogens is 498 g/mol. The third-order valence-electron chi connectivity index (χ3n) is 6.26. The summed E-state index contributed by atoms with van der Waals surface area (Å²) in [5.74, 6) is -0.848. The lowest BCUT2D eigenvalue weighted by Crippen LogP contribution is -2.66. The summed E-state index contributed by atoms with van der Waals surface area (Å²) < 4.78 is 30.7. The second kappa shape index (κ2) is 14.6. The summed E-state index contributed by atoms with van der Waals surface area (Å²) in [5, 5.41) is 2.87. The predicted molar refractivity (Wildman–Crippen MR) is 144 cm³/mol. The minimum absolute atomic E-state index is 0.157. The number of amides is 1. The first-order valence-corrected chi connectivity index (χ1v) is 13.0. The van der Waals surface area contributed by atoms with Gasteiger partial charge in [-0.25, -0.2) is 0 Å². The Hall–Kier alpha value is -3.56. The number of nitrogens with one attached hydrogen (secondary N) is 1. The number of hydrogen-bond acceptors (Lipinski definition) is 7. The molecule has 1 aliphatic heterocycles. The van der Waals surface area contributed by atoms with Crippen LogP contribution in [0.5, 0.6) is 0 Å². The number of carbonyl (C=O) groups is 2. The number of esters is 1. The van der Waals surface area contributed by atoms with Gasteiger partial charge in [0.15, 0.2) is 0 Å². The molecule has 5 atom stereocenters. The van der Waals surface area contributed by atoms with Crippen LogP contribution in [-0.2, 0) is 53.1 Å². The molecule has 0 aromatic heterocycles. The Morgan fingerprint density at radius 2 is 1.21 bits per heavy atom. The molecule has 3 aromatic carbocycles. The molecule has 1 fully saturated rings. The van der Waals surface area contributed by atoms with Crippen molar-refractivity contribution in [2.45, 2.75) is 64.3 Å². The quantitative estimate of drug-likeness (QED) is 0.350. The average molecular weight is 534 g/mol. The van der Waals surface area contributed by atoms with E-state index in [9.17, 15) is 9.59 Å². The van der Waals surface area contributed by atoms with Crippen molar-refractivity contribution in [3.63, 3.8) is 0 Å². The van der Waals surface area contributed by atoms with Gasteiger partial charge in [-0.05, 0) is 16.7 Å². The number of rotatable bonds is 12. The highest BCUT2D eigenvalue weighted by Crippen LogP contribution is 2.29. The van der Waals surface area contributed by atoms with E-state index in [-0.39, 0.29) is 19.1 Å². The van der Waals surface area contributed by atoms with Gasteiger partial charge in [0.2, 0.25) is 12.2 Å². The van der Waals surface area contributed by atoms with Crippen molar-refractivity contribution >= 4 is 11.9 Å². The molecule has 0 saturated carbocycles. The van der Waals surface area contributed by atoms with Crippen LogP contribution in [0.1, 0.15) is 30.5 Å². The molecule has 1 saturated heterocycles. The molecular formula is C31H35NO7. The third kappa shape index (κ3) is 8.73. The number of benzene rings is 3.